The number of amides is 1. The Morgan fingerprint density at radius 3 is 2.53 bits per heavy atom. The Hall–Kier alpha value is -1.14. The second-order valence-electron chi connectivity index (χ2n) is 4.68. The lowest BCUT2D eigenvalue weighted by atomic mass is 10.1. The van der Waals surface area contributed by atoms with E-state index in [9.17, 15) is 17.1 Å². The number of likely N-dealkylation sites (tertiary alicyclic amines) is 1. The summed E-state index contributed by atoms with van der Waals surface area (Å²) in [7, 11) is -4.53. The van der Waals surface area contributed by atoms with Gasteiger partial charge < -0.3 is 4.90 Å². The highest BCUT2D eigenvalue weighted by atomic mass is 35.5. The summed E-state index contributed by atoms with van der Waals surface area (Å²) < 4.78 is 33.8. The van der Waals surface area contributed by atoms with Gasteiger partial charge in [0, 0.05) is 30.5 Å². The van der Waals surface area contributed by atoms with Gasteiger partial charge in [0.2, 0.25) is 5.91 Å². The van der Waals surface area contributed by atoms with Crippen LogP contribution in [0.1, 0.15) is 12.0 Å². The highest BCUT2D eigenvalue weighted by molar-refractivity contribution is 7.86. The average molecular weight is 306 g/mol. The third-order valence-corrected chi connectivity index (χ3v) is 4.14. The van der Waals surface area contributed by atoms with Crippen molar-refractivity contribution in [1.82, 2.24) is 4.90 Å². The molecular formula is C12H13ClFNO3S. The van der Waals surface area contributed by atoms with E-state index in [4.69, 9.17) is 11.6 Å². The maximum Gasteiger partial charge on any atom is 0.302 e. The summed E-state index contributed by atoms with van der Waals surface area (Å²) in [6.07, 6.45) is 0.0801. The molecule has 19 heavy (non-hydrogen) atoms. The lowest BCUT2D eigenvalue weighted by Gasteiger charge is -2.16. The van der Waals surface area contributed by atoms with Crippen molar-refractivity contribution in [3.8, 4) is 0 Å². The maximum atomic E-state index is 12.6. The van der Waals surface area contributed by atoms with Crippen LogP contribution >= 0.6 is 11.6 Å². The molecule has 104 valence electrons. The minimum Gasteiger partial charge on any atom is -0.338 e. The Kier molecular flexibility index (Phi) is 4.10. The zero-order chi connectivity index (χ0) is 14.0. The second-order valence-corrected chi connectivity index (χ2v) is 6.52. The Morgan fingerprint density at radius 1 is 1.32 bits per heavy atom. The molecule has 1 aliphatic heterocycles. The number of rotatable bonds is 4. The standard InChI is InChI=1S/C12H13ClFNO3S/c13-11-3-1-9(2-4-11)6-15-7-10(5-12(15)16)8-19(14,17)18/h1-4,10H,5-8H2. The first kappa shape index (κ1) is 14.3. The van der Waals surface area contributed by atoms with Crippen molar-refractivity contribution >= 4 is 27.7 Å². The molecule has 1 fully saturated rings. The molecule has 2 rings (SSSR count). The SMILES string of the molecule is O=C1CC(CS(=O)(=O)F)CN1Cc1ccc(Cl)cc1. The van der Waals surface area contributed by atoms with E-state index in [0.29, 0.717) is 11.6 Å². The first-order valence-electron chi connectivity index (χ1n) is 5.78. The van der Waals surface area contributed by atoms with E-state index in [0.717, 1.165) is 5.56 Å². The Labute approximate surface area is 116 Å². The minimum absolute atomic E-state index is 0.0801. The van der Waals surface area contributed by atoms with Gasteiger partial charge in [-0.25, -0.2) is 0 Å². The second kappa shape index (κ2) is 5.46. The molecule has 1 aromatic carbocycles. The summed E-state index contributed by atoms with van der Waals surface area (Å²) >= 11 is 5.76. The van der Waals surface area contributed by atoms with Crippen LogP contribution in [0.25, 0.3) is 0 Å². The molecule has 0 aromatic heterocycles. The van der Waals surface area contributed by atoms with Gasteiger partial charge in [-0.2, -0.15) is 8.42 Å². The summed E-state index contributed by atoms with van der Waals surface area (Å²) in [6.45, 7) is 0.656. The summed E-state index contributed by atoms with van der Waals surface area (Å²) in [5.74, 6) is -1.20. The molecule has 1 heterocycles. The number of benzene rings is 1. The van der Waals surface area contributed by atoms with Crippen LogP contribution in [0, 0.1) is 5.92 Å². The largest absolute Gasteiger partial charge is 0.338 e. The van der Waals surface area contributed by atoms with Gasteiger partial charge in [0.1, 0.15) is 0 Å². The van der Waals surface area contributed by atoms with Gasteiger partial charge in [-0.15, -0.1) is 3.89 Å². The Balaban J connectivity index is 1.98. The van der Waals surface area contributed by atoms with Crippen molar-refractivity contribution < 1.29 is 17.1 Å². The first-order chi connectivity index (χ1) is 8.83. The molecule has 1 atom stereocenters. The van der Waals surface area contributed by atoms with E-state index in [1.807, 2.05) is 0 Å². The van der Waals surface area contributed by atoms with Crippen molar-refractivity contribution in [1.29, 1.82) is 0 Å². The van der Waals surface area contributed by atoms with Crippen molar-refractivity contribution in [3.05, 3.63) is 34.9 Å². The van der Waals surface area contributed by atoms with Gasteiger partial charge in [-0.3, -0.25) is 4.79 Å². The molecule has 1 aliphatic rings. The van der Waals surface area contributed by atoms with E-state index < -0.39 is 21.9 Å². The molecule has 0 radical (unpaired) electrons. The molecule has 4 nitrogen and oxygen atoms in total. The third-order valence-electron chi connectivity index (χ3n) is 3.02. The van der Waals surface area contributed by atoms with Gasteiger partial charge >= 0.3 is 10.2 Å². The molecule has 0 bridgehead atoms. The zero-order valence-electron chi connectivity index (χ0n) is 10.1. The first-order valence-corrected chi connectivity index (χ1v) is 7.71. The summed E-state index contributed by atoms with van der Waals surface area (Å²) in [6, 6.07) is 7.05. The molecule has 1 saturated heterocycles. The molecule has 1 amide bonds. The topological polar surface area (TPSA) is 54.5 Å². The summed E-state index contributed by atoms with van der Waals surface area (Å²) in [4.78, 5) is 13.3. The Bertz CT molecular complexity index is 573. The lowest BCUT2D eigenvalue weighted by Crippen LogP contribution is -2.25. The number of nitrogens with zero attached hydrogens (tertiary/aromatic N) is 1. The van der Waals surface area contributed by atoms with E-state index in [2.05, 4.69) is 0 Å². The van der Waals surface area contributed by atoms with E-state index >= 15 is 0 Å². The molecular weight excluding hydrogens is 293 g/mol. The van der Waals surface area contributed by atoms with Crippen molar-refractivity contribution in [2.24, 2.45) is 5.92 Å². The zero-order valence-corrected chi connectivity index (χ0v) is 11.6. The van der Waals surface area contributed by atoms with Crippen LogP contribution in [0.3, 0.4) is 0 Å². The van der Waals surface area contributed by atoms with Crippen LogP contribution in [0.15, 0.2) is 24.3 Å². The number of carbonyl (C=O) groups excluding carboxylic acids is 1. The van der Waals surface area contributed by atoms with Crippen molar-refractivity contribution in [2.75, 3.05) is 12.3 Å². The number of hydrogen-bond acceptors (Lipinski definition) is 3. The maximum absolute atomic E-state index is 12.6. The number of carbonyl (C=O) groups is 1. The summed E-state index contributed by atoms with van der Waals surface area (Å²) in [5, 5.41) is 0.609. The quantitative estimate of drug-likeness (QED) is 0.799. The fourth-order valence-electron chi connectivity index (χ4n) is 2.21. The van der Waals surface area contributed by atoms with Gasteiger partial charge in [-0.05, 0) is 17.7 Å². The monoisotopic (exact) mass is 305 g/mol. The van der Waals surface area contributed by atoms with E-state index in [1.54, 1.807) is 29.2 Å². The molecule has 7 heteroatoms. The predicted octanol–water partition coefficient (Wildman–Crippen LogP) is 1.99. The fourth-order valence-corrected chi connectivity index (χ4v) is 3.12. The predicted molar refractivity (Wildman–Crippen MR) is 69.9 cm³/mol. The van der Waals surface area contributed by atoms with Crippen molar-refractivity contribution in [2.45, 2.75) is 13.0 Å². The van der Waals surface area contributed by atoms with Gasteiger partial charge in [0.05, 0.1) is 5.75 Å². The Morgan fingerprint density at radius 2 is 1.95 bits per heavy atom. The van der Waals surface area contributed by atoms with E-state index in [1.165, 1.54) is 0 Å². The van der Waals surface area contributed by atoms with Crippen LogP contribution < -0.4 is 0 Å². The molecule has 1 aromatic rings. The molecule has 0 spiro atoms. The normalized spacial score (nSPS) is 20.0. The van der Waals surface area contributed by atoms with Crippen LogP contribution in [0.4, 0.5) is 3.89 Å². The average Bonchev–Trinajstić information content (AvgIpc) is 2.60. The van der Waals surface area contributed by atoms with Gasteiger partial charge in [0.25, 0.3) is 0 Å². The molecule has 0 saturated carbocycles. The van der Waals surface area contributed by atoms with E-state index in [-0.39, 0.29) is 18.9 Å². The molecule has 0 aliphatic carbocycles. The third kappa shape index (κ3) is 4.18. The highest BCUT2D eigenvalue weighted by Crippen LogP contribution is 2.22. The molecule has 0 N–H and O–H groups in total. The van der Waals surface area contributed by atoms with Gasteiger partial charge in [-0.1, -0.05) is 23.7 Å². The number of halogens is 2. The number of hydrogen-bond donors (Lipinski definition) is 0. The van der Waals surface area contributed by atoms with Gasteiger partial charge in [0.15, 0.2) is 0 Å². The van der Waals surface area contributed by atoms with Crippen LogP contribution in [0.2, 0.25) is 5.02 Å². The van der Waals surface area contributed by atoms with Crippen LogP contribution in [0.5, 0.6) is 0 Å². The smallest absolute Gasteiger partial charge is 0.302 e. The van der Waals surface area contributed by atoms with Crippen LogP contribution in [-0.4, -0.2) is 31.5 Å². The fraction of sp³-hybridized carbons (Fsp3) is 0.417. The summed E-state index contributed by atoms with van der Waals surface area (Å²) in [5.41, 5.74) is 0.904. The molecule has 1 unspecified atom stereocenters. The minimum atomic E-state index is -4.53. The highest BCUT2D eigenvalue weighted by Gasteiger charge is 2.32. The lowest BCUT2D eigenvalue weighted by molar-refractivity contribution is -0.128. The van der Waals surface area contributed by atoms with Crippen LogP contribution in [-0.2, 0) is 21.6 Å². The van der Waals surface area contributed by atoms with Crippen molar-refractivity contribution in [3.63, 3.8) is 0 Å².